The maximum Gasteiger partial charge on any atom is 0.255 e. The van der Waals surface area contributed by atoms with Gasteiger partial charge < -0.3 is 19.3 Å². The van der Waals surface area contributed by atoms with Crippen LogP contribution in [-0.4, -0.2) is 71.9 Å². The smallest absolute Gasteiger partial charge is 0.255 e. The van der Waals surface area contributed by atoms with Crippen molar-refractivity contribution in [1.82, 2.24) is 15.1 Å². The Balaban J connectivity index is 1.23. The van der Waals surface area contributed by atoms with Crippen molar-refractivity contribution in [3.8, 4) is 5.75 Å². The van der Waals surface area contributed by atoms with Gasteiger partial charge in [0.1, 0.15) is 18.4 Å². The molecular weight excluding hydrogens is 426 g/mol. The van der Waals surface area contributed by atoms with Gasteiger partial charge in [0.2, 0.25) is 17.7 Å². The molecule has 9 heteroatoms. The molecule has 1 unspecified atom stereocenters. The summed E-state index contributed by atoms with van der Waals surface area (Å²) in [6, 6.07) is 4.75. The van der Waals surface area contributed by atoms with Crippen LogP contribution in [0.1, 0.15) is 54.4 Å². The first-order chi connectivity index (χ1) is 16.0. The number of hydrogen-bond acceptors (Lipinski definition) is 6. The molecule has 0 bridgehead atoms. The van der Waals surface area contributed by atoms with Crippen LogP contribution in [0.2, 0.25) is 0 Å². The second kappa shape index (κ2) is 9.13. The van der Waals surface area contributed by atoms with Crippen LogP contribution in [0.4, 0.5) is 0 Å². The van der Waals surface area contributed by atoms with Gasteiger partial charge in [0.15, 0.2) is 0 Å². The number of ether oxygens (including phenoxy) is 2. The lowest BCUT2D eigenvalue weighted by Crippen LogP contribution is -2.52. The highest BCUT2D eigenvalue weighted by Crippen LogP contribution is 2.31. The van der Waals surface area contributed by atoms with Crippen molar-refractivity contribution in [2.24, 2.45) is 5.92 Å². The average Bonchev–Trinajstić information content (AvgIpc) is 3.46. The lowest BCUT2D eigenvalue weighted by molar-refractivity contribution is -0.140. The molecule has 1 aromatic carbocycles. The monoisotopic (exact) mass is 455 g/mol. The molecule has 0 radical (unpaired) electrons. The summed E-state index contributed by atoms with van der Waals surface area (Å²) in [6.45, 7) is 2.62. The van der Waals surface area contributed by atoms with Crippen LogP contribution < -0.4 is 10.1 Å². The van der Waals surface area contributed by atoms with Crippen molar-refractivity contribution in [1.29, 1.82) is 0 Å². The van der Waals surface area contributed by atoms with Crippen molar-refractivity contribution in [3.05, 3.63) is 29.3 Å². The van der Waals surface area contributed by atoms with Gasteiger partial charge in [-0.25, -0.2) is 0 Å². The Morgan fingerprint density at radius 2 is 2.03 bits per heavy atom. The Hall–Kier alpha value is -2.94. The number of piperidine rings is 2. The molecule has 0 saturated carbocycles. The molecule has 176 valence electrons. The first-order valence-corrected chi connectivity index (χ1v) is 11.8. The fraction of sp³-hybridized carbons (Fsp3) is 0.583. The highest BCUT2D eigenvalue weighted by Gasteiger charge is 2.39. The predicted octanol–water partition coefficient (Wildman–Crippen LogP) is 1.24. The largest absolute Gasteiger partial charge is 0.491 e. The van der Waals surface area contributed by atoms with E-state index in [1.807, 2.05) is 11.0 Å². The molecule has 3 saturated heterocycles. The highest BCUT2D eigenvalue weighted by atomic mass is 16.5. The number of benzene rings is 1. The summed E-state index contributed by atoms with van der Waals surface area (Å²) >= 11 is 0. The second-order valence-corrected chi connectivity index (χ2v) is 9.27. The Kier molecular flexibility index (Phi) is 6.05. The number of hydrogen-bond donors (Lipinski definition) is 1. The predicted molar refractivity (Wildman–Crippen MR) is 116 cm³/mol. The topological polar surface area (TPSA) is 105 Å². The average molecular weight is 456 g/mol. The minimum absolute atomic E-state index is 0.0294. The Morgan fingerprint density at radius 3 is 2.82 bits per heavy atom. The number of fused-ring (bicyclic) bond motifs is 1. The third-order valence-electron chi connectivity index (χ3n) is 7.13. The molecule has 3 fully saturated rings. The normalized spacial score (nSPS) is 27.5. The number of amides is 4. The van der Waals surface area contributed by atoms with Gasteiger partial charge >= 0.3 is 0 Å². The zero-order valence-electron chi connectivity index (χ0n) is 18.6. The summed E-state index contributed by atoms with van der Waals surface area (Å²) in [5.41, 5.74) is 1.37. The zero-order chi connectivity index (χ0) is 22.9. The minimum Gasteiger partial charge on any atom is -0.491 e. The van der Waals surface area contributed by atoms with E-state index in [-0.39, 0.29) is 36.1 Å². The third kappa shape index (κ3) is 4.34. The molecule has 1 N–H and O–H groups in total. The van der Waals surface area contributed by atoms with Crippen molar-refractivity contribution >= 4 is 23.6 Å². The quantitative estimate of drug-likeness (QED) is 0.670. The number of carbonyl (C=O) groups is 4. The first-order valence-electron chi connectivity index (χ1n) is 11.8. The van der Waals surface area contributed by atoms with E-state index >= 15 is 0 Å². The molecule has 3 atom stereocenters. The standard InChI is InChI=1S/C24H29N3O6/c28-21-7-6-20(22(29)25-21)27-12-16-11-18(4-5-19(16)24(27)31)33-14-17-3-1-2-9-26(17)23(30)15-8-10-32-13-15/h4-5,11,15,17,20H,1-3,6-10,12-14H2,(H,25,28,29)/t15-,17-,20?/m0/s1. The molecule has 4 aliphatic rings. The molecule has 0 spiro atoms. The van der Waals surface area contributed by atoms with Gasteiger partial charge in [-0.1, -0.05) is 0 Å². The lowest BCUT2D eigenvalue weighted by Gasteiger charge is -2.37. The molecular formula is C24H29N3O6. The van der Waals surface area contributed by atoms with Gasteiger partial charge in [-0.15, -0.1) is 0 Å². The van der Waals surface area contributed by atoms with Gasteiger partial charge in [-0.05, 0) is 55.9 Å². The molecule has 0 aliphatic carbocycles. The molecule has 0 aromatic heterocycles. The number of rotatable bonds is 5. The van der Waals surface area contributed by atoms with Crippen LogP contribution in [0.3, 0.4) is 0 Å². The molecule has 4 aliphatic heterocycles. The van der Waals surface area contributed by atoms with E-state index in [1.54, 1.807) is 12.1 Å². The fourth-order valence-corrected chi connectivity index (χ4v) is 5.26. The fourth-order valence-electron chi connectivity index (χ4n) is 5.26. The summed E-state index contributed by atoms with van der Waals surface area (Å²) in [7, 11) is 0. The summed E-state index contributed by atoms with van der Waals surface area (Å²) < 4.78 is 11.5. The van der Waals surface area contributed by atoms with Crippen molar-refractivity contribution in [2.75, 3.05) is 26.4 Å². The maximum absolute atomic E-state index is 12.9. The molecule has 4 heterocycles. The number of likely N-dealkylation sites (tertiary alicyclic amines) is 1. The van der Waals surface area contributed by atoms with Gasteiger partial charge in [-0.2, -0.15) is 0 Å². The number of nitrogens with zero attached hydrogens (tertiary/aromatic N) is 2. The van der Waals surface area contributed by atoms with Crippen molar-refractivity contribution in [3.63, 3.8) is 0 Å². The van der Waals surface area contributed by atoms with Gasteiger partial charge in [0.05, 0.1) is 18.6 Å². The van der Waals surface area contributed by atoms with E-state index in [0.29, 0.717) is 44.1 Å². The van der Waals surface area contributed by atoms with Crippen LogP contribution in [0.15, 0.2) is 18.2 Å². The highest BCUT2D eigenvalue weighted by molar-refractivity contribution is 6.05. The minimum atomic E-state index is -0.631. The summed E-state index contributed by atoms with van der Waals surface area (Å²) in [6.07, 6.45) is 4.34. The van der Waals surface area contributed by atoms with Crippen LogP contribution in [0.25, 0.3) is 0 Å². The lowest BCUT2D eigenvalue weighted by atomic mass is 9.99. The maximum atomic E-state index is 12.9. The Morgan fingerprint density at radius 1 is 1.15 bits per heavy atom. The molecule has 1 aromatic rings. The van der Waals surface area contributed by atoms with Gasteiger partial charge in [-0.3, -0.25) is 24.5 Å². The van der Waals surface area contributed by atoms with E-state index in [9.17, 15) is 19.2 Å². The number of imide groups is 1. The van der Waals surface area contributed by atoms with E-state index < -0.39 is 11.9 Å². The van der Waals surface area contributed by atoms with Crippen LogP contribution in [0, 0.1) is 5.92 Å². The molecule has 9 nitrogen and oxygen atoms in total. The molecule has 33 heavy (non-hydrogen) atoms. The van der Waals surface area contributed by atoms with Crippen molar-refractivity contribution < 1.29 is 28.7 Å². The SMILES string of the molecule is O=C1CCC(N2Cc3cc(OC[C@@H]4CCCCN4C(=O)[C@H]4CCOC4)ccc3C2=O)C(=O)N1. The molecule has 5 rings (SSSR count). The van der Waals surface area contributed by atoms with Crippen molar-refractivity contribution in [2.45, 2.75) is 57.2 Å². The van der Waals surface area contributed by atoms with Crippen LogP contribution in [0.5, 0.6) is 5.75 Å². The summed E-state index contributed by atoms with van der Waals surface area (Å²) in [5.74, 6) is -0.150. The Bertz CT molecular complexity index is 973. The number of nitrogens with one attached hydrogen (secondary N) is 1. The first kappa shape index (κ1) is 21.9. The van der Waals surface area contributed by atoms with Gasteiger partial charge in [0.25, 0.3) is 5.91 Å². The van der Waals surface area contributed by atoms with E-state index in [0.717, 1.165) is 37.8 Å². The summed E-state index contributed by atoms with van der Waals surface area (Å²) in [4.78, 5) is 52.9. The Labute approximate surface area is 192 Å². The second-order valence-electron chi connectivity index (χ2n) is 9.27. The van der Waals surface area contributed by atoms with Crippen LogP contribution in [-0.2, 0) is 25.7 Å². The summed E-state index contributed by atoms with van der Waals surface area (Å²) in [5, 5.41) is 2.32. The molecule has 4 amide bonds. The number of carbonyl (C=O) groups excluding carboxylic acids is 4. The van der Waals surface area contributed by atoms with E-state index in [4.69, 9.17) is 9.47 Å². The van der Waals surface area contributed by atoms with Crippen LogP contribution >= 0.6 is 0 Å². The third-order valence-corrected chi connectivity index (χ3v) is 7.13. The zero-order valence-corrected chi connectivity index (χ0v) is 18.6. The van der Waals surface area contributed by atoms with E-state index in [2.05, 4.69) is 5.32 Å². The van der Waals surface area contributed by atoms with Gasteiger partial charge in [0, 0.05) is 31.7 Å². The van der Waals surface area contributed by atoms with E-state index in [1.165, 1.54) is 4.90 Å².